The van der Waals surface area contributed by atoms with E-state index < -0.39 is 0 Å². The maximum Gasteiger partial charge on any atom is 0.0437 e. The Morgan fingerprint density at radius 1 is 1.25 bits per heavy atom. The summed E-state index contributed by atoms with van der Waals surface area (Å²) in [5, 5.41) is 0. The summed E-state index contributed by atoms with van der Waals surface area (Å²) in [4.78, 5) is 2.10. The van der Waals surface area contributed by atoms with Crippen LogP contribution in [0, 0.1) is 0 Å². The van der Waals surface area contributed by atoms with E-state index in [0.717, 1.165) is 5.57 Å². The van der Waals surface area contributed by atoms with Crippen LogP contribution in [0.3, 0.4) is 0 Å². The molecule has 0 aromatic heterocycles. The molecule has 0 unspecified atom stereocenters. The van der Waals surface area contributed by atoms with E-state index >= 15 is 0 Å². The van der Waals surface area contributed by atoms with Crippen molar-refractivity contribution in [3.05, 3.63) is 36.4 Å². The number of benzene rings is 1. The second-order valence-corrected chi connectivity index (χ2v) is 3.19. The third-order valence-electron chi connectivity index (χ3n) is 1.85. The predicted octanol–water partition coefficient (Wildman–Crippen LogP) is 2.79. The van der Waals surface area contributed by atoms with Crippen molar-refractivity contribution in [2.24, 2.45) is 0 Å². The molecule has 1 rings (SSSR count). The molecule has 1 nitrogen and oxygen atoms in total. The van der Waals surface area contributed by atoms with Gasteiger partial charge in [0, 0.05) is 25.3 Å². The standard InChI is InChI=1S/C11H15N/c1-9(2)10-7-5-6-8-11(10)12(3)4/h5-8H,1H2,2-4H3. The molecule has 0 aliphatic carbocycles. The lowest BCUT2D eigenvalue weighted by atomic mass is 10.1. The molecular formula is C11H15N. The fourth-order valence-corrected chi connectivity index (χ4v) is 1.22. The zero-order valence-corrected chi connectivity index (χ0v) is 7.96. The molecule has 64 valence electrons. The average molecular weight is 161 g/mol. The summed E-state index contributed by atoms with van der Waals surface area (Å²) in [6, 6.07) is 8.28. The van der Waals surface area contributed by atoms with E-state index in [1.165, 1.54) is 11.3 Å². The molecule has 1 heteroatoms. The average Bonchev–Trinajstić information content (AvgIpc) is 2.04. The Morgan fingerprint density at radius 3 is 2.25 bits per heavy atom. The zero-order valence-electron chi connectivity index (χ0n) is 7.96. The Bertz CT molecular complexity index is 287. The van der Waals surface area contributed by atoms with Gasteiger partial charge in [0.05, 0.1) is 0 Å². The van der Waals surface area contributed by atoms with Gasteiger partial charge in [-0.05, 0) is 18.6 Å². The van der Waals surface area contributed by atoms with Crippen LogP contribution in [0.5, 0.6) is 0 Å². The Morgan fingerprint density at radius 2 is 1.83 bits per heavy atom. The number of hydrogen-bond donors (Lipinski definition) is 0. The first-order chi connectivity index (χ1) is 5.63. The van der Waals surface area contributed by atoms with Crippen molar-refractivity contribution >= 4 is 11.3 Å². The first-order valence-corrected chi connectivity index (χ1v) is 4.05. The van der Waals surface area contributed by atoms with Crippen LogP contribution in [0.25, 0.3) is 5.57 Å². The summed E-state index contributed by atoms with van der Waals surface area (Å²) in [7, 11) is 4.09. The summed E-state index contributed by atoms with van der Waals surface area (Å²) in [5.41, 5.74) is 3.56. The van der Waals surface area contributed by atoms with Crippen LogP contribution < -0.4 is 4.90 Å². The Labute approximate surface area is 74.3 Å². The predicted molar refractivity (Wildman–Crippen MR) is 55.5 cm³/mol. The molecule has 0 bridgehead atoms. The molecular weight excluding hydrogens is 146 g/mol. The van der Waals surface area contributed by atoms with Gasteiger partial charge in [-0.1, -0.05) is 24.8 Å². The van der Waals surface area contributed by atoms with E-state index in [1.54, 1.807) is 0 Å². The molecule has 0 spiro atoms. The maximum atomic E-state index is 3.94. The molecule has 0 amide bonds. The highest BCUT2D eigenvalue weighted by Gasteiger charge is 2.02. The normalized spacial score (nSPS) is 9.58. The van der Waals surface area contributed by atoms with E-state index in [9.17, 15) is 0 Å². The van der Waals surface area contributed by atoms with Gasteiger partial charge in [-0.15, -0.1) is 0 Å². The van der Waals surface area contributed by atoms with Crippen LogP contribution >= 0.6 is 0 Å². The minimum atomic E-state index is 1.11. The van der Waals surface area contributed by atoms with Crippen LogP contribution in [0.4, 0.5) is 5.69 Å². The third kappa shape index (κ3) is 1.67. The molecule has 0 aliphatic rings. The fraction of sp³-hybridized carbons (Fsp3) is 0.273. The lowest BCUT2D eigenvalue weighted by Crippen LogP contribution is -2.10. The quantitative estimate of drug-likeness (QED) is 0.644. The van der Waals surface area contributed by atoms with Gasteiger partial charge in [0.2, 0.25) is 0 Å². The summed E-state index contributed by atoms with van der Waals surface area (Å²) in [6.07, 6.45) is 0. The first-order valence-electron chi connectivity index (χ1n) is 4.05. The minimum Gasteiger partial charge on any atom is -0.377 e. The molecule has 1 aromatic rings. The van der Waals surface area contributed by atoms with Crippen molar-refractivity contribution in [1.29, 1.82) is 0 Å². The number of nitrogens with zero attached hydrogens (tertiary/aromatic N) is 1. The summed E-state index contributed by atoms with van der Waals surface area (Å²) in [5.74, 6) is 0. The topological polar surface area (TPSA) is 3.24 Å². The molecule has 12 heavy (non-hydrogen) atoms. The molecule has 0 fully saturated rings. The Hall–Kier alpha value is -1.24. The maximum absolute atomic E-state index is 3.94. The van der Waals surface area contributed by atoms with Gasteiger partial charge in [0.1, 0.15) is 0 Å². The SMILES string of the molecule is C=C(C)c1ccccc1N(C)C. The summed E-state index contributed by atoms with van der Waals surface area (Å²) in [6.45, 7) is 5.97. The van der Waals surface area contributed by atoms with Gasteiger partial charge in [-0.25, -0.2) is 0 Å². The second-order valence-electron chi connectivity index (χ2n) is 3.19. The number of rotatable bonds is 2. The molecule has 0 heterocycles. The Balaban J connectivity index is 3.17. The van der Waals surface area contributed by atoms with Crippen molar-refractivity contribution in [1.82, 2.24) is 0 Å². The number of hydrogen-bond acceptors (Lipinski definition) is 1. The Kier molecular flexibility index (Phi) is 2.54. The van der Waals surface area contributed by atoms with Crippen molar-refractivity contribution in [3.63, 3.8) is 0 Å². The van der Waals surface area contributed by atoms with E-state index in [1.807, 2.05) is 33.2 Å². The van der Waals surface area contributed by atoms with Crippen molar-refractivity contribution in [2.75, 3.05) is 19.0 Å². The number of anilines is 1. The van der Waals surface area contributed by atoms with Crippen molar-refractivity contribution < 1.29 is 0 Å². The number of allylic oxidation sites excluding steroid dienone is 1. The molecule has 1 aromatic carbocycles. The smallest absolute Gasteiger partial charge is 0.0437 e. The van der Waals surface area contributed by atoms with Crippen LogP contribution in [-0.4, -0.2) is 14.1 Å². The van der Waals surface area contributed by atoms with Gasteiger partial charge < -0.3 is 4.90 Å². The summed E-state index contributed by atoms with van der Waals surface area (Å²) >= 11 is 0. The number of para-hydroxylation sites is 1. The second kappa shape index (κ2) is 3.44. The molecule has 0 saturated heterocycles. The van der Waals surface area contributed by atoms with Crippen molar-refractivity contribution in [2.45, 2.75) is 6.92 Å². The van der Waals surface area contributed by atoms with E-state index in [2.05, 4.69) is 23.6 Å². The molecule has 0 atom stereocenters. The lowest BCUT2D eigenvalue weighted by molar-refractivity contribution is 1.13. The highest BCUT2D eigenvalue weighted by atomic mass is 15.1. The molecule has 0 saturated carbocycles. The molecule has 0 aliphatic heterocycles. The van der Waals surface area contributed by atoms with Gasteiger partial charge in [-0.2, -0.15) is 0 Å². The van der Waals surface area contributed by atoms with Gasteiger partial charge >= 0.3 is 0 Å². The van der Waals surface area contributed by atoms with Crippen molar-refractivity contribution in [3.8, 4) is 0 Å². The highest BCUT2D eigenvalue weighted by molar-refractivity contribution is 5.74. The van der Waals surface area contributed by atoms with Crippen LogP contribution in [-0.2, 0) is 0 Å². The fourth-order valence-electron chi connectivity index (χ4n) is 1.22. The van der Waals surface area contributed by atoms with Gasteiger partial charge in [0.25, 0.3) is 0 Å². The monoisotopic (exact) mass is 161 g/mol. The van der Waals surface area contributed by atoms with E-state index in [-0.39, 0.29) is 0 Å². The van der Waals surface area contributed by atoms with Gasteiger partial charge in [-0.3, -0.25) is 0 Å². The molecule has 0 N–H and O–H groups in total. The third-order valence-corrected chi connectivity index (χ3v) is 1.85. The highest BCUT2D eigenvalue weighted by Crippen LogP contribution is 2.23. The largest absolute Gasteiger partial charge is 0.377 e. The first kappa shape index (κ1) is 8.85. The van der Waals surface area contributed by atoms with E-state index in [0.29, 0.717) is 0 Å². The van der Waals surface area contributed by atoms with Crippen LogP contribution in [0.2, 0.25) is 0 Å². The van der Waals surface area contributed by atoms with Crippen LogP contribution in [0.1, 0.15) is 12.5 Å². The summed E-state index contributed by atoms with van der Waals surface area (Å²) < 4.78 is 0. The zero-order chi connectivity index (χ0) is 9.14. The molecule has 0 radical (unpaired) electrons. The minimum absolute atomic E-state index is 1.11. The lowest BCUT2D eigenvalue weighted by Gasteiger charge is -2.16. The van der Waals surface area contributed by atoms with E-state index in [4.69, 9.17) is 0 Å². The van der Waals surface area contributed by atoms with Crippen LogP contribution in [0.15, 0.2) is 30.8 Å². The van der Waals surface area contributed by atoms with Gasteiger partial charge in [0.15, 0.2) is 0 Å².